The van der Waals surface area contributed by atoms with E-state index in [1.165, 1.54) is 5.57 Å². The van der Waals surface area contributed by atoms with Gasteiger partial charge >= 0.3 is 5.97 Å². The van der Waals surface area contributed by atoms with Crippen molar-refractivity contribution in [3.05, 3.63) is 42.3 Å². The van der Waals surface area contributed by atoms with Crippen LogP contribution in [0.2, 0.25) is 0 Å². The number of rotatable bonds is 7. The Bertz CT molecular complexity index is 587. The molecular formula is C18H27N3O2. The van der Waals surface area contributed by atoms with E-state index in [1.54, 1.807) is 0 Å². The van der Waals surface area contributed by atoms with Gasteiger partial charge in [0.25, 0.3) is 0 Å². The summed E-state index contributed by atoms with van der Waals surface area (Å²) in [4.78, 5) is 14.1. The molecule has 1 unspecified atom stereocenters. The molecule has 1 atom stereocenters. The average molecular weight is 317 g/mol. The van der Waals surface area contributed by atoms with Crippen LogP contribution in [0.5, 0.6) is 0 Å². The molecule has 5 heteroatoms. The number of aliphatic carboxylic acids is 1. The number of carbonyl (C=O) groups is 1. The van der Waals surface area contributed by atoms with Gasteiger partial charge in [0.05, 0.1) is 18.2 Å². The van der Waals surface area contributed by atoms with Gasteiger partial charge in [0, 0.05) is 24.8 Å². The van der Waals surface area contributed by atoms with E-state index in [4.69, 9.17) is 0 Å². The van der Waals surface area contributed by atoms with Crippen molar-refractivity contribution >= 4 is 5.97 Å². The number of allylic oxidation sites excluding steroid dienone is 3. The highest BCUT2D eigenvalue weighted by Crippen LogP contribution is 2.35. The van der Waals surface area contributed by atoms with Crippen molar-refractivity contribution in [3.8, 4) is 0 Å². The molecule has 23 heavy (non-hydrogen) atoms. The van der Waals surface area contributed by atoms with E-state index in [0.29, 0.717) is 19.5 Å². The fraction of sp³-hybridized carbons (Fsp3) is 0.556. The number of piperidine rings is 1. The lowest BCUT2D eigenvalue weighted by Crippen LogP contribution is -2.47. The van der Waals surface area contributed by atoms with Crippen molar-refractivity contribution in [2.24, 2.45) is 5.41 Å². The van der Waals surface area contributed by atoms with Crippen LogP contribution < -0.4 is 0 Å². The van der Waals surface area contributed by atoms with E-state index < -0.39 is 11.4 Å². The predicted octanol–water partition coefficient (Wildman–Crippen LogP) is 3.09. The molecule has 0 aromatic carbocycles. The average Bonchev–Trinajstić information content (AvgIpc) is 2.93. The molecule has 0 aliphatic carbocycles. The van der Waals surface area contributed by atoms with Gasteiger partial charge < -0.3 is 5.11 Å². The van der Waals surface area contributed by atoms with Gasteiger partial charge in [-0.1, -0.05) is 17.7 Å². The van der Waals surface area contributed by atoms with E-state index in [1.807, 2.05) is 37.0 Å². The maximum atomic E-state index is 11.9. The zero-order valence-electron chi connectivity index (χ0n) is 14.2. The smallest absolute Gasteiger partial charge is 0.311 e. The first-order valence-electron chi connectivity index (χ1n) is 8.16. The summed E-state index contributed by atoms with van der Waals surface area (Å²) in [5.74, 6) is -0.679. The molecule has 1 aliphatic rings. The van der Waals surface area contributed by atoms with Crippen LogP contribution in [0.3, 0.4) is 0 Å². The number of aromatic nitrogens is 2. The SMILES string of the molecule is C=CCn1cc(CN2CCCC(CC=C(C)C)(C(=O)O)C2)cn1. The third kappa shape index (κ3) is 4.55. The number of carboxylic acids is 1. The standard InChI is InChI=1S/C18H27N3O2/c1-4-9-21-13-16(11-19-21)12-20-10-5-7-18(14-20,17(22)23)8-6-15(2)3/h4,6,11,13H,1,5,7-10,12,14H2,2-3H3,(H,22,23). The monoisotopic (exact) mass is 317 g/mol. The van der Waals surface area contributed by atoms with Gasteiger partial charge in [-0.05, 0) is 39.7 Å². The number of hydrogen-bond acceptors (Lipinski definition) is 3. The van der Waals surface area contributed by atoms with Crippen LogP contribution in [0.1, 0.15) is 38.7 Å². The summed E-state index contributed by atoms with van der Waals surface area (Å²) in [5.41, 5.74) is 1.64. The highest BCUT2D eigenvalue weighted by molar-refractivity contribution is 5.75. The minimum Gasteiger partial charge on any atom is -0.481 e. The Morgan fingerprint density at radius 1 is 1.52 bits per heavy atom. The zero-order chi connectivity index (χ0) is 16.9. The third-order valence-corrected chi connectivity index (χ3v) is 4.42. The molecular weight excluding hydrogens is 290 g/mol. The fourth-order valence-corrected chi connectivity index (χ4v) is 3.17. The second-order valence-electron chi connectivity index (χ2n) is 6.74. The molecule has 2 heterocycles. The number of carboxylic acid groups (broad SMARTS) is 1. The lowest BCUT2D eigenvalue weighted by Gasteiger charge is -2.39. The van der Waals surface area contributed by atoms with Gasteiger partial charge in [-0.2, -0.15) is 5.10 Å². The van der Waals surface area contributed by atoms with E-state index in [0.717, 1.165) is 31.5 Å². The minimum atomic E-state index is -0.679. The molecule has 0 radical (unpaired) electrons. The van der Waals surface area contributed by atoms with Crippen LogP contribution in [-0.2, 0) is 17.9 Å². The molecule has 126 valence electrons. The van der Waals surface area contributed by atoms with Crippen molar-refractivity contribution in [2.75, 3.05) is 13.1 Å². The molecule has 5 nitrogen and oxygen atoms in total. The minimum absolute atomic E-state index is 0.596. The Morgan fingerprint density at radius 3 is 2.96 bits per heavy atom. The largest absolute Gasteiger partial charge is 0.481 e. The van der Waals surface area contributed by atoms with Crippen molar-refractivity contribution in [1.82, 2.24) is 14.7 Å². The zero-order valence-corrected chi connectivity index (χ0v) is 14.2. The fourth-order valence-electron chi connectivity index (χ4n) is 3.17. The van der Waals surface area contributed by atoms with Crippen LogP contribution >= 0.6 is 0 Å². The number of nitrogens with zero attached hydrogens (tertiary/aromatic N) is 3. The van der Waals surface area contributed by atoms with Crippen molar-refractivity contribution in [1.29, 1.82) is 0 Å². The summed E-state index contributed by atoms with van der Waals surface area (Å²) < 4.78 is 1.85. The first-order valence-corrected chi connectivity index (χ1v) is 8.16. The Balaban J connectivity index is 2.06. The van der Waals surface area contributed by atoms with Gasteiger partial charge in [0.1, 0.15) is 0 Å². The maximum absolute atomic E-state index is 11.9. The molecule has 0 bridgehead atoms. The molecule has 1 fully saturated rings. The number of hydrogen-bond donors (Lipinski definition) is 1. The molecule has 0 saturated carbocycles. The Morgan fingerprint density at radius 2 is 2.30 bits per heavy atom. The van der Waals surface area contributed by atoms with E-state index in [-0.39, 0.29) is 0 Å². The van der Waals surface area contributed by atoms with E-state index in [9.17, 15) is 9.90 Å². The Labute approximate surface area is 138 Å². The molecule has 1 N–H and O–H groups in total. The molecule has 1 aromatic heterocycles. The maximum Gasteiger partial charge on any atom is 0.311 e. The van der Waals surface area contributed by atoms with Gasteiger partial charge in [-0.15, -0.1) is 6.58 Å². The second kappa shape index (κ2) is 7.59. The van der Waals surface area contributed by atoms with E-state index >= 15 is 0 Å². The summed E-state index contributed by atoms with van der Waals surface area (Å²) in [5, 5.41) is 14.1. The molecule has 1 aromatic rings. The van der Waals surface area contributed by atoms with Crippen molar-refractivity contribution in [3.63, 3.8) is 0 Å². The first kappa shape index (κ1) is 17.5. The van der Waals surface area contributed by atoms with Gasteiger partial charge in [0.2, 0.25) is 0 Å². The van der Waals surface area contributed by atoms with Gasteiger partial charge in [-0.25, -0.2) is 0 Å². The normalized spacial score (nSPS) is 21.8. The van der Waals surface area contributed by atoms with Crippen LogP contribution in [0.15, 0.2) is 36.7 Å². The summed E-state index contributed by atoms with van der Waals surface area (Å²) in [7, 11) is 0. The number of likely N-dealkylation sites (tertiary alicyclic amines) is 1. The summed E-state index contributed by atoms with van der Waals surface area (Å²) in [6.07, 6.45) is 10.0. The van der Waals surface area contributed by atoms with Crippen LogP contribution in [0.25, 0.3) is 0 Å². The second-order valence-corrected chi connectivity index (χ2v) is 6.74. The lowest BCUT2D eigenvalue weighted by molar-refractivity contribution is -0.152. The summed E-state index contributed by atoms with van der Waals surface area (Å²) in [6, 6.07) is 0. The topological polar surface area (TPSA) is 58.4 Å². The lowest BCUT2D eigenvalue weighted by atomic mass is 9.76. The molecule has 1 saturated heterocycles. The highest BCUT2D eigenvalue weighted by Gasteiger charge is 2.41. The summed E-state index contributed by atoms with van der Waals surface area (Å²) >= 11 is 0. The highest BCUT2D eigenvalue weighted by atomic mass is 16.4. The van der Waals surface area contributed by atoms with Crippen LogP contribution in [-0.4, -0.2) is 38.8 Å². The molecule has 1 aliphatic heterocycles. The predicted molar refractivity (Wildman–Crippen MR) is 91.1 cm³/mol. The molecule has 0 spiro atoms. The molecule has 0 amide bonds. The Hall–Kier alpha value is -1.88. The Kier molecular flexibility index (Phi) is 5.77. The van der Waals surface area contributed by atoms with E-state index in [2.05, 4.69) is 22.7 Å². The first-order chi connectivity index (χ1) is 10.9. The van der Waals surface area contributed by atoms with Crippen LogP contribution in [0.4, 0.5) is 0 Å². The third-order valence-electron chi connectivity index (χ3n) is 4.42. The summed E-state index contributed by atoms with van der Waals surface area (Å²) in [6.45, 7) is 10.7. The quantitative estimate of drug-likeness (QED) is 0.785. The molecule has 2 rings (SSSR count). The van der Waals surface area contributed by atoms with Gasteiger partial charge in [-0.3, -0.25) is 14.4 Å². The van der Waals surface area contributed by atoms with Crippen molar-refractivity contribution in [2.45, 2.75) is 46.2 Å². The van der Waals surface area contributed by atoms with Crippen LogP contribution in [0, 0.1) is 5.41 Å². The van der Waals surface area contributed by atoms with Gasteiger partial charge in [0.15, 0.2) is 0 Å². The van der Waals surface area contributed by atoms with Crippen molar-refractivity contribution < 1.29 is 9.90 Å².